The highest BCUT2D eigenvalue weighted by Crippen LogP contribution is 2.15. The van der Waals surface area contributed by atoms with Crippen LogP contribution in [0.2, 0.25) is 0 Å². The molecule has 0 saturated heterocycles. The molecule has 1 heterocycles. The monoisotopic (exact) mass is 258 g/mol. The van der Waals surface area contributed by atoms with E-state index < -0.39 is 0 Å². The minimum absolute atomic E-state index is 0.241. The average Bonchev–Trinajstić information content (AvgIpc) is 2.73. The third-order valence-corrected chi connectivity index (χ3v) is 3.00. The Hall–Kier alpha value is -1.25. The van der Waals surface area contributed by atoms with E-state index in [-0.39, 0.29) is 12.5 Å². The first-order valence-corrected chi connectivity index (χ1v) is 6.27. The number of carbonyl (C=O) groups excluding carboxylic acids is 1. The number of primary amides is 1. The van der Waals surface area contributed by atoms with Gasteiger partial charge in [0.1, 0.15) is 5.01 Å². The number of aromatic nitrogens is 2. The Kier molecular flexibility index (Phi) is 5.81. The van der Waals surface area contributed by atoms with Gasteiger partial charge in [-0.25, -0.2) is 5.84 Å². The summed E-state index contributed by atoms with van der Waals surface area (Å²) in [4.78, 5) is 12.9. The number of carbonyl (C=O) groups is 1. The Morgan fingerprint density at radius 3 is 2.82 bits per heavy atom. The lowest BCUT2D eigenvalue weighted by atomic mass is 10.3. The summed E-state index contributed by atoms with van der Waals surface area (Å²) in [7, 11) is 0. The van der Waals surface area contributed by atoms with Crippen molar-refractivity contribution in [1.29, 1.82) is 0 Å². The predicted octanol–water partition coefficient (Wildman–Crippen LogP) is -0.0889. The number of unbranched alkanes of at least 4 members (excludes halogenated alkanes) is 1. The van der Waals surface area contributed by atoms with Crippen molar-refractivity contribution >= 4 is 22.4 Å². The number of nitrogens with two attached hydrogens (primary N) is 2. The van der Waals surface area contributed by atoms with Gasteiger partial charge in [0, 0.05) is 0 Å². The molecular weight excluding hydrogens is 240 g/mol. The SMILES string of the molecule is CCCCN(CC(N)=O)Cc1nnc(NN)s1. The van der Waals surface area contributed by atoms with E-state index in [0.29, 0.717) is 11.7 Å². The molecule has 1 aromatic heterocycles. The molecule has 8 heteroatoms. The largest absolute Gasteiger partial charge is 0.369 e. The molecule has 0 atom stereocenters. The summed E-state index contributed by atoms with van der Waals surface area (Å²) in [5.41, 5.74) is 7.64. The highest BCUT2D eigenvalue weighted by Gasteiger charge is 2.11. The molecule has 0 saturated carbocycles. The Labute approximate surface area is 104 Å². The van der Waals surface area contributed by atoms with E-state index >= 15 is 0 Å². The number of nitrogens with one attached hydrogen (secondary N) is 1. The molecule has 1 aromatic rings. The van der Waals surface area contributed by atoms with E-state index in [1.165, 1.54) is 11.3 Å². The quantitative estimate of drug-likeness (QED) is 0.444. The lowest BCUT2D eigenvalue weighted by Gasteiger charge is -2.18. The van der Waals surface area contributed by atoms with E-state index in [1.54, 1.807) is 0 Å². The van der Waals surface area contributed by atoms with Crippen LogP contribution in [0.3, 0.4) is 0 Å². The van der Waals surface area contributed by atoms with Crippen LogP contribution >= 0.6 is 11.3 Å². The minimum Gasteiger partial charge on any atom is -0.369 e. The molecule has 0 radical (unpaired) electrons. The summed E-state index contributed by atoms with van der Waals surface area (Å²) in [5, 5.41) is 9.19. The maximum Gasteiger partial charge on any atom is 0.231 e. The van der Waals surface area contributed by atoms with Crippen LogP contribution in [-0.4, -0.2) is 34.1 Å². The second-order valence-corrected chi connectivity index (χ2v) is 4.74. The first kappa shape index (κ1) is 13.8. The topological polar surface area (TPSA) is 110 Å². The molecule has 0 spiro atoms. The fraction of sp³-hybridized carbons (Fsp3) is 0.667. The van der Waals surface area contributed by atoms with Gasteiger partial charge in [-0.1, -0.05) is 24.7 Å². The molecule has 0 aromatic carbocycles. The van der Waals surface area contributed by atoms with Crippen molar-refractivity contribution in [3.63, 3.8) is 0 Å². The smallest absolute Gasteiger partial charge is 0.231 e. The Morgan fingerprint density at radius 2 is 2.29 bits per heavy atom. The standard InChI is InChI=1S/C9H18N6OS/c1-2-3-4-15(5-7(10)16)6-8-13-14-9(12-11)17-8/h2-6,11H2,1H3,(H2,10,16)(H,12,14). The van der Waals surface area contributed by atoms with E-state index in [1.807, 2.05) is 4.90 Å². The van der Waals surface area contributed by atoms with Gasteiger partial charge in [0.2, 0.25) is 11.0 Å². The summed E-state index contributed by atoms with van der Waals surface area (Å²) >= 11 is 1.37. The summed E-state index contributed by atoms with van der Waals surface area (Å²) in [6.07, 6.45) is 2.09. The van der Waals surface area contributed by atoms with Crippen LogP contribution in [0.4, 0.5) is 5.13 Å². The Morgan fingerprint density at radius 1 is 1.53 bits per heavy atom. The van der Waals surface area contributed by atoms with Gasteiger partial charge < -0.3 is 5.73 Å². The number of amides is 1. The zero-order valence-electron chi connectivity index (χ0n) is 9.85. The molecule has 1 amide bonds. The highest BCUT2D eigenvalue weighted by molar-refractivity contribution is 7.15. The normalized spacial score (nSPS) is 10.8. The van der Waals surface area contributed by atoms with E-state index in [4.69, 9.17) is 11.6 Å². The van der Waals surface area contributed by atoms with Gasteiger partial charge in [0.05, 0.1) is 13.1 Å². The van der Waals surface area contributed by atoms with Crippen molar-refractivity contribution in [2.45, 2.75) is 26.3 Å². The summed E-state index contributed by atoms with van der Waals surface area (Å²) in [6, 6.07) is 0. The Bertz CT molecular complexity index is 355. The lowest BCUT2D eigenvalue weighted by Crippen LogP contribution is -2.34. The minimum atomic E-state index is -0.331. The summed E-state index contributed by atoms with van der Waals surface area (Å²) in [5.74, 6) is 4.89. The number of rotatable bonds is 8. The van der Waals surface area contributed by atoms with Crippen LogP contribution in [0.15, 0.2) is 0 Å². The molecule has 0 aliphatic carbocycles. The van der Waals surface area contributed by atoms with E-state index in [2.05, 4.69) is 22.5 Å². The number of hydrogen-bond donors (Lipinski definition) is 3. The molecule has 0 unspecified atom stereocenters. The van der Waals surface area contributed by atoms with Gasteiger partial charge >= 0.3 is 0 Å². The molecule has 0 aliphatic rings. The van der Waals surface area contributed by atoms with Crippen molar-refractivity contribution < 1.29 is 4.79 Å². The predicted molar refractivity (Wildman–Crippen MR) is 67.1 cm³/mol. The van der Waals surface area contributed by atoms with Crippen LogP contribution in [0.5, 0.6) is 0 Å². The molecular formula is C9H18N6OS. The molecule has 0 aliphatic heterocycles. The van der Waals surface area contributed by atoms with E-state index in [9.17, 15) is 4.79 Å². The van der Waals surface area contributed by atoms with Crippen molar-refractivity contribution in [2.24, 2.45) is 11.6 Å². The summed E-state index contributed by atoms with van der Waals surface area (Å²) in [6.45, 7) is 3.74. The van der Waals surface area contributed by atoms with Gasteiger partial charge in [0.25, 0.3) is 0 Å². The molecule has 5 N–H and O–H groups in total. The average molecular weight is 258 g/mol. The van der Waals surface area contributed by atoms with E-state index in [0.717, 1.165) is 24.4 Å². The van der Waals surface area contributed by atoms with Gasteiger partial charge in [-0.2, -0.15) is 0 Å². The lowest BCUT2D eigenvalue weighted by molar-refractivity contribution is -0.119. The highest BCUT2D eigenvalue weighted by atomic mass is 32.1. The second-order valence-electron chi connectivity index (χ2n) is 3.68. The van der Waals surface area contributed by atoms with Gasteiger partial charge in [-0.05, 0) is 13.0 Å². The first-order valence-electron chi connectivity index (χ1n) is 5.45. The number of hydrazine groups is 1. The maximum absolute atomic E-state index is 10.9. The van der Waals surface area contributed by atoms with Gasteiger partial charge in [-0.3, -0.25) is 15.1 Å². The van der Waals surface area contributed by atoms with Crippen molar-refractivity contribution in [3.05, 3.63) is 5.01 Å². The molecule has 0 fully saturated rings. The molecule has 17 heavy (non-hydrogen) atoms. The van der Waals surface area contributed by atoms with Crippen molar-refractivity contribution in [2.75, 3.05) is 18.5 Å². The van der Waals surface area contributed by atoms with Crippen LogP contribution in [0.1, 0.15) is 24.8 Å². The number of anilines is 1. The molecule has 7 nitrogen and oxygen atoms in total. The van der Waals surface area contributed by atoms with Crippen LogP contribution in [0.25, 0.3) is 0 Å². The van der Waals surface area contributed by atoms with Crippen LogP contribution in [-0.2, 0) is 11.3 Å². The third-order valence-electron chi connectivity index (χ3n) is 2.16. The third kappa shape index (κ3) is 5.07. The first-order chi connectivity index (χ1) is 8.15. The number of nitrogen functional groups attached to an aromatic ring is 1. The molecule has 0 bridgehead atoms. The number of nitrogens with zero attached hydrogens (tertiary/aromatic N) is 3. The fourth-order valence-electron chi connectivity index (χ4n) is 1.38. The van der Waals surface area contributed by atoms with Crippen LogP contribution < -0.4 is 17.0 Å². The van der Waals surface area contributed by atoms with Crippen LogP contribution in [0, 0.1) is 0 Å². The van der Waals surface area contributed by atoms with Crippen molar-refractivity contribution in [1.82, 2.24) is 15.1 Å². The summed E-state index contributed by atoms with van der Waals surface area (Å²) < 4.78 is 0. The maximum atomic E-state index is 10.9. The fourth-order valence-corrected chi connectivity index (χ4v) is 2.08. The molecule has 96 valence electrons. The number of hydrogen-bond acceptors (Lipinski definition) is 7. The van der Waals surface area contributed by atoms with Crippen molar-refractivity contribution in [3.8, 4) is 0 Å². The molecule has 1 rings (SSSR count). The zero-order chi connectivity index (χ0) is 12.7. The van der Waals surface area contributed by atoms with Gasteiger partial charge in [-0.15, -0.1) is 10.2 Å². The zero-order valence-corrected chi connectivity index (χ0v) is 10.7. The van der Waals surface area contributed by atoms with Gasteiger partial charge in [0.15, 0.2) is 0 Å². The second kappa shape index (κ2) is 7.15. The Balaban J connectivity index is 2.54.